The van der Waals surface area contributed by atoms with Crippen molar-refractivity contribution in [3.63, 3.8) is 0 Å². The lowest BCUT2D eigenvalue weighted by molar-refractivity contribution is -0.870. The van der Waals surface area contributed by atoms with E-state index >= 15 is 0 Å². The molecule has 0 fully saturated rings. The van der Waals surface area contributed by atoms with Crippen molar-refractivity contribution in [3.8, 4) is 0 Å². The number of phosphoric ester groups is 1. The Kier molecular flexibility index (Phi) is 31.9. The summed E-state index contributed by atoms with van der Waals surface area (Å²) in [7, 11) is 2.68. The van der Waals surface area contributed by atoms with Gasteiger partial charge in [-0.05, 0) is 19.3 Å². The van der Waals surface area contributed by atoms with Gasteiger partial charge in [0.25, 0.3) is 7.82 Å². The molecule has 50 heavy (non-hydrogen) atoms. The lowest BCUT2D eigenvalue weighted by Gasteiger charge is -2.28. The van der Waals surface area contributed by atoms with E-state index in [1.54, 1.807) is 7.11 Å². The normalized spacial score (nSPS) is 14.3. The minimum atomic E-state index is -4.66. The summed E-state index contributed by atoms with van der Waals surface area (Å²) in [5.74, 6) is -0.769. The van der Waals surface area contributed by atoms with E-state index in [0.29, 0.717) is 37.0 Å². The topological polar surface area (TPSA) is 146 Å². The number of phosphoric acid groups is 1. The van der Waals surface area contributed by atoms with Crippen LogP contribution in [0.25, 0.3) is 0 Å². The fraction of sp³-hybridized carbons (Fsp3) is 0.947. The van der Waals surface area contributed by atoms with E-state index < -0.39 is 26.4 Å². The highest BCUT2D eigenvalue weighted by Crippen LogP contribution is 2.38. The number of likely N-dealkylation sites (N-methyl/N-ethyl adjacent to an activating group) is 1. The number of rotatable bonds is 37. The summed E-state index contributed by atoms with van der Waals surface area (Å²) in [4.78, 5) is 38.0. The first-order chi connectivity index (χ1) is 23.9. The zero-order valence-corrected chi connectivity index (χ0v) is 33.8. The van der Waals surface area contributed by atoms with Gasteiger partial charge in [0.2, 0.25) is 11.8 Å². The summed E-state index contributed by atoms with van der Waals surface area (Å²) in [6.45, 7) is 3.00. The van der Waals surface area contributed by atoms with Crippen LogP contribution < -0.4 is 15.5 Å². The Morgan fingerprint density at radius 1 is 0.740 bits per heavy atom. The van der Waals surface area contributed by atoms with Gasteiger partial charge < -0.3 is 38.9 Å². The molecule has 0 saturated carbocycles. The Morgan fingerprint density at radius 3 is 1.70 bits per heavy atom. The van der Waals surface area contributed by atoms with Crippen LogP contribution in [0.5, 0.6) is 0 Å². The Morgan fingerprint density at radius 2 is 1.24 bits per heavy atom. The molecule has 0 heterocycles. The molecule has 0 rings (SSSR count). The molecule has 2 amide bonds. The Bertz CT molecular complexity index is 858. The predicted molar refractivity (Wildman–Crippen MR) is 202 cm³/mol. The zero-order valence-electron chi connectivity index (χ0n) is 32.9. The van der Waals surface area contributed by atoms with Gasteiger partial charge in [-0.3, -0.25) is 14.2 Å². The van der Waals surface area contributed by atoms with Gasteiger partial charge in [0.1, 0.15) is 19.2 Å². The number of carbonyl (C=O) groups excluding carboxylic acids is 2. The molecular formula is C38H78N3O8P. The van der Waals surface area contributed by atoms with Crippen molar-refractivity contribution in [2.45, 2.75) is 161 Å². The van der Waals surface area contributed by atoms with E-state index in [0.717, 1.165) is 32.1 Å². The third-order valence-electron chi connectivity index (χ3n) is 9.07. The van der Waals surface area contributed by atoms with Crippen molar-refractivity contribution < 1.29 is 42.4 Å². The maximum Gasteiger partial charge on any atom is 0.268 e. The van der Waals surface area contributed by atoms with Crippen LogP contribution in [-0.2, 0) is 27.9 Å². The minimum absolute atomic E-state index is 0.0389. The average molecular weight is 736 g/mol. The number of ether oxygens (including phenoxy) is 1. The fourth-order valence-corrected chi connectivity index (χ4v) is 6.51. The highest BCUT2D eigenvalue weighted by Gasteiger charge is 2.24. The molecular weight excluding hydrogens is 657 g/mol. The third kappa shape index (κ3) is 32.8. The summed E-state index contributed by atoms with van der Waals surface area (Å²) in [6.07, 6.45) is 26.7. The molecule has 0 saturated heterocycles. The Hall–Kier alpha value is -1.07. The van der Waals surface area contributed by atoms with E-state index in [-0.39, 0.29) is 31.5 Å². The maximum atomic E-state index is 12.9. The summed E-state index contributed by atoms with van der Waals surface area (Å²) < 4.78 is 27.9. The zero-order chi connectivity index (χ0) is 37.4. The van der Waals surface area contributed by atoms with E-state index in [4.69, 9.17) is 13.8 Å². The third-order valence-corrected chi connectivity index (χ3v) is 10.0. The average Bonchev–Trinajstić information content (AvgIpc) is 3.06. The molecule has 0 aliphatic heterocycles. The van der Waals surface area contributed by atoms with Crippen molar-refractivity contribution in [2.24, 2.45) is 5.92 Å². The Balaban J connectivity index is 4.30. The second-order valence-corrected chi connectivity index (χ2v) is 16.5. The van der Waals surface area contributed by atoms with Gasteiger partial charge in [-0.15, -0.1) is 0 Å². The van der Waals surface area contributed by atoms with Gasteiger partial charge in [0, 0.05) is 32.6 Å². The van der Waals surface area contributed by atoms with Crippen molar-refractivity contribution in [2.75, 3.05) is 67.8 Å². The van der Waals surface area contributed by atoms with E-state index in [2.05, 4.69) is 17.6 Å². The van der Waals surface area contributed by atoms with Crippen molar-refractivity contribution in [3.05, 3.63) is 0 Å². The highest BCUT2D eigenvalue weighted by molar-refractivity contribution is 7.45. The monoisotopic (exact) mass is 736 g/mol. The van der Waals surface area contributed by atoms with Crippen LogP contribution in [0, 0.1) is 5.92 Å². The largest absolute Gasteiger partial charge is 0.756 e. The quantitative estimate of drug-likeness (QED) is 0.0350. The molecule has 0 aliphatic carbocycles. The number of aliphatic hydroxyl groups excluding tert-OH is 1. The van der Waals surface area contributed by atoms with Gasteiger partial charge in [0.05, 0.1) is 34.4 Å². The molecule has 0 radical (unpaired) electrons. The van der Waals surface area contributed by atoms with Crippen LogP contribution in [0.1, 0.15) is 155 Å². The number of nitrogens with zero attached hydrogens (tertiary/aromatic N) is 1. The number of carbonyl (C=O) groups is 2. The summed E-state index contributed by atoms with van der Waals surface area (Å²) in [5, 5.41) is 14.9. The van der Waals surface area contributed by atoms with E-state index in [1.165, 1.54) is 96.3 Å². The second-order valence-electron chi connectivity index (χ2n) is 15.1. The van der Waals surface area contributed by atoms with Crippen LogP contribution in [0.3, 0.4) is 0 Å². The van der Waals surface area contributed by atoms with Crippen LogP contribution in [0.4, 0.5) is 0 Å². The van der Waals surface area contributed by atoms with Crippen LogP contribution in [0.15, 0.2) is 0 Å². The molecule has 11 nitrogen and oxygen atoms in total. The molecule has 0 aromatic carbocycles. The number of hydrogen-bond donors (Lipinski definition) is 3. The number of hydrogen-bond acceptors (Lipinski definition) is 8. The number of unbranched alkanes of at least 4 members (excludes halogenated alkanes) is 19. The van der Waals surface area contributed by atoms with Gasteiger partial charge in [-0.1, -0.05) is 129 Å². The molecule has 298 valence electrons. The Labute approximate surface area is 306 Å². The summed E-state index contributed by atoms with van der Waals surface area (Å²) in [6, 6.07) is -1.16. The van der Waals surface area contributed by atoms with Crippen molar-refractivity contribution in [1.82, 2.24) is 10.6 Å². The van der Waals surface area contributed by atoms with E-state index in [1.807, 2.05) is 21.1 Å². The molecule has 0 aliphatic rings. The highest BCUT2D eigenvalue weighted by atomic mass is 31.2. The van der Waals surface area contributed by atoms with Crippen LogP contribution in [-0.4, -0.2) is 95.2 Å². The van der Waals surface area contributed by atoms with Crippen molar-refractivity contribution in [1.29, 1.82) is 0 Å². The van der Waals surface area contributed by atoms with Crippen molar-refractivity contribution >= 4 is 19.6 Å². The second kappa shape index (κ2) is 32.6. The lowest BCUT2D eigenvalue weighted by atomic mass is 10.0. The summed E-state index contributed by atoms with van der Waals surface area (Å²) >= 11 is 0. The number of quaternary nitrogens is 1. The smallest absolute Gasteiger partial charge is 0.268 e. The number of aliphatic hydroxyl groups is 1. The van der Waals surface area contributed by atoms with E-state index in [9.17, 15) is 24.2 Å². The van der Waals surface area contributed by atoms with Crippen LogP contribution >= 0.6 is 7.82 Å². The minimum Gasteiger partial charge on any atom is -0.756 e. The molecule has 0 aromatic rings. The van der Waals surface area contributed by atoms with Gasteiger partial charge in [0.15, 0.2) is 0 Å². The van der Waals surface area contributed by atoms with Gasteiger partial charge >= 0.3 is 0 Å². The van der Waals surface area contributed by atoms with Gasteiger partial charge in [-0.2, -0.15) is 0 Å². The number of nitrogens with one attached hydrogen (secondary N) is 2. The lowest BCUT2D eigenvalue weighted by Crippen LogP contribution is -2.49. The molecule has 2 unspecified atom stereocenters. The maximum absolute atomic E-state index is 12.9. The SMILES string of the molecule is CCCCCCCCCCCCCCCCCCCCCC(=O)N[C@@H](COP(=O)([O-])OCC[N+](C)(C)C)C(=O)NCCCCC(CO)COC. The molecule has 0 spiro atoms. The first-order valence-corrected chi connectivity index (χ1v) is 21.5. The summed E-state index contributed by atoms with van der Waals surface area (Å²) in [5.41, 5.74) is 0. The molecule has 0 bridgehead atoms. The number of methoxy groups -OCH3 is 1. The first-order valence-electron chi connectivity index (χ1n) is 20.0. The molecule has 3 N–H and O–H groups in total. The van der Waals surface area contributed by atoms with Gasteiger partial charge in [-0.25, -0.2) is 0 Å². The molecule has 0 aromatic heterocycles. The molecule has 12 heteroatoms. The first kappa shape index (κ1) is 48.9. The fourth-order valence-electron chi connectivity index (χ4n) is 5.80. The molecule has 3 atom stereocenters. The number of amides is 2. The predicted octanol–water partition coefficient (Wildman–Crippen LogP) is 7.04. The standard InChI is InChI=1S/C38H78N3O8P/c1-6-7-8-9-10-11-12-13-14-15-16-17-18-19-20-21-22-23-24-28-37(43)40-36(34-49-50(45,46)48-31-30-41(2,3)4)38(44)39-29-26-25-27-35(32-42)33-47-5/h35-36,42H,6-34H2,1-5H3,(H2-,39,40,43,44,45,46)/t35?,36-/m0/s1. The van der Waals surface area contributed by atoms with Crippen LogP contribution in [0.2, 0.25) is 0 Å².